The molecule has 4 aliphatic carbocycles. The minimum Gasteiger partial charge on any atom is -0.504 e. The Morgan fingerprint density at radius 2 is 1.58 bits per heavy atom. The Morgan fingerprint density at radius 1 is 0.860 bits per heavy atom. The second kappa shape index (κ2) is 12.7. The van der Waals surface area contributed by atoms with Gasteiger partial charge in [-0.1, -0.05) is 110 Å². The van der Waals surface area contributed by atoms with Gasteiger partial charge in [0.1, 0.15) is 0 Å². The number of amides is 2. The molecule has 2 amide bonds. The third-order valence-electron chi connectivity index (χ3n) is 12.1. The highest BCUT2D eigenvalue weighted by Crippen LogP contribution is 2.61. The number of likely N-dealkylation sites (tertiary alicyclic amines) is 1. The Hall–Kier alpha value is -5.04. The summed E-state index contributed by atoms with van der Waals surface area (Å²) in [4.78, 5) is 60.1. The van der Waals surface area contributed by atoms with Crippen molar-refractivity contribution in [2.75, 3.05) is 7.11 Å². The Bertz CT molecular complexity index is 1960. The molecule has 0 aromatic heterocycles. The van der Waals surface area contributed by atoms with Crippen molar-refractivity contribution < 1.29 is 29.0 Å². The van der Waals surface area contributed by atoms with Crippen LogP contribution >= 0.6 is 0 Å². The van der Waals surface area contributed by atoms with E-state index in [2.05, 4.69) is 6.08 Å². The van der Waals surface area contributed by atoms with E-state index in [9.17, 15) is 19.5 Å². The van der Waals surface area contributed by atoms with Crippen molar-refractivity contribution in [2.24, 2.45) is 29.6 Å². The maximum atomic E-state index is 15.1. The number of hydrogen-bond donors (Lipinski definition) is 1. The largest absolute Gasteiger partial charge is 0.504 e. The van der Waals surface area contributed by atoms with E-state index in [1.807, 2.05) is 72.8 Å². The van der Waals surface area contributed by atoms with Gasteiger partial charge in [0.25, 0.3) is 0 Å². The van der Waals surface area contributed by atoms with Gasteiger partial charge in [0.15, 0.2) is 23.1 Å². The molecule has 0 spiro atoms. The number of Topliss-reactive ketones (excluding diaryl/α,β-unsaturated/α-hetero) is 1. The number of imide groups is 1. The van der Waals surface area contributed by atoms with Crippen molar-refractivity contribution in [1.82, 2.24) is 4.90 Å². The molecular weight excluding hydrogens is 626 g/mol. The molecule has 7 nitrogen and oxygen atoms in total. The second-order valence-electron chi connectivity index (χ2n) is 14.5. The quantitative estimate of drug-likeness (QED) is 0.222. The van der Waals surface area contributed by atoms with E-state index in [0.717, 1.165) is 48.8 Å². The lowest BCUT2D eigenvalue weighted by Gasteiger charge is -2.54. The summed E-state index contributed by atoms with van der Waals surface area (Å²) < 4.78 is 5.38. The third kappa shape index (κ3) is 4.92. The first-order chi connectivity index (χ1) is 24.3. The lowest BCUT2D eigenvalue weighted by molar-refractivity contribution is -0.144. The number of hydrogen-bond acceptors (Lipinski definition) is 6. The number of ether oxygens (including phenoxy) is 1. The fourth-order valence-corrected chi connectivity index (χ4v) is 9.85. The molecule has 8 rings (SSSR count). The van der Waals surface area contributed by atoms with Crippen molar-refractivity contribution in [2.45, 2.75) is 56.4 Å². The summed E-state index contributed by atoms with van der Waals surface area (Å²) in [6, 6.07) is 23.9. The number of benzene rings is 3. The van der Waals surface area contributed by atoms with Crippen molar-refractivity contribution in [3.8, 4) is 11.5 Å². The zero-order valence-electron chi connectivity index (χ0n) is 28.2. The average molecular weight is 668 g/mol. The number of phenolic OH excluding ortho intramolecular Hbond substituents is 1. The van der Waals surface area contributed by atoms with Gasteiger partial charge >= 0.3 is 0 Å². The van der Waals surface area contributed by atoms with Gasteiger partial charge in [-0.25, -0.2) is 0 Å². The van der Waals surface area contributed by atoms with Crippen LogP contribution in [-0.2, 0) is 24.6 Å². The number of methoxy groups -OCH3 is 1. The summed E-state index contributed by atoms with van der Waals surface area (Å²) in [6.07, 6.45) is 13.1. The molecule has 3 fully saturated rings. The first-order valence-corrected chi connectivity index (χ1v) is 17.9. The summed E-state index contributed by atoms with van der Waals surface area (Å²) >= 11 is 0. The van der Waals surface area contributed by atoms with Gasteiger partial charge in [-0.15, -0.1) is 0 Å². The highest BCUT2D eigenvalue weighted by atomic mass is 16.5. The van der Waals surface area contributed by atoms with Crippen LogP contribution in [0.4, 0.5) is 0 Å². The molecule has 5 aliphatic rings. The smallest absolute Gasteiger partial charge is 0.233 e. The Morgan fingerprint density at radius 3 is 2.30 bits per heavy atom. The normalized spacial score (nSPS) is 29.7. The van der Waals surface area contributed by atoms with Crippen LogP contribution in [0.3, 0.4) is 0 Å². The third-order valence-corrected chi connectivity index (χ3v) is 12.1. The van der Waals surface area contributed by atoms with Crippen LogP contribution in [0.5, 0.6) is 11.5 Å². The monoisotopic (exact) mass is 667 g/mol. The van der Waals surface area contributed by atoms with Gasteiger partial charge in [0.05, 0.1) is 24.4 Å². The van der Waals surface area contributed by atoms with Crippen molar-refractivity contribution >= 4 is 35.0 Å². The molecule has 1 heterocycles. The predicted molar refractivity (Wildman–Crippen MR) is 190 cm³/mol. The summed E-state index contributed by atoms with van der Waals surface area (Å²) in [5, 5.41) is 10.3. The first-order valence-electron chi connectivity index (χ1n) is 17.9. The summed E-state index contributed by atoms with van der Waals surface area (Å²) in [5.74, 6) is -2.89. The van der Waals surface area contributed by atoms with Gasteiger partial charge in [0.2, 0.25) is 11.8 Å². The number of ketones is 2. The summed E-state index contributed by atoms with van der Waals surface area (Å²) in [6.45, 7) is 0. The zero-order chi connectivity index (χ0) is 34.6. The molecule has 1 N–H and O–H groups in total. The lowest BCUT2D eigenvalue weighted by atomic mass is 9.45. The molecule has 3 aromatic carbocycles. The van der Waals surface area contributed by atoms with E-state index in [4.69, 9.17) is 4.74 Å². The van der Waals surface area contributed by atoms with Crippen LogP contribution in [0.15, 0.2) is 103 Å². The van der Waals surface area contributed by atoms with Gasteiger partial charge < -0.3 is 9.84 Å². The van der Waals surface area contributed by atoms with Crippen LogP contribution in [0.1, 0.15) is 61.6 Å². The first kappa shape index (κ1) is 32.2. The van der Waals surface area contributed by atoms with Gasteiger partial charge in [-0.05, 0) is 66.5 Å². The van der Waals surface area contributed by atoms with Crippen LogP contribution in [0.2, 0.25) is 0 Å². The highest BCUT2D eigenvalue weighted by Gasteiger charge is 2.65. The van der Waals surface area contributed by atoms with Crippen LogP contribution < -0.4 is 4.74 Å². The van der Waals surface area contributed by atoms with Gasteiger partial charge in [-0.3, -0.25) is 24.1 Å². The molecule has 1 aliphatic heterocycles. The number of fused-ring (bicyclic) bond motifs is 4. The Labute approximate surface area is 292 Å². The number of nitrogens with zero attached hydrogens (tertiary/aromatic N) is 1. The maximum absolute atomic E-state index is 15.1. The molecule has 254 valence electrons. The topological polar surface area (TPSA) is 101 Å². The van der Waals surface area contributed by atoms with Gasteiger partial charge in [0, 0.05) is 23.5 Å². The van der Waals surface area contributed by atoms with Crippen LogP contribution in [0.25, 0.3) is 11.6 Å². The highest BCUT2D eigenvalue weighted by molar-refractivity contribution is 6.31. The van der Waals surface area contributed by atoms with E-state index in [1.165, 1.54) is 13.2 Å². The van der Waals surface area contributed by atoms with E-state index >= 15 is 4.79 Å². The summed E-state index contributed by atoms with van der Waals surface area (Å²) in [7, 11) is 1.49. The molecule has 1 saturated heterocycles. The van der Waals surface area contributed by atoms with Crippen molar-refractivity contribution in [3.05, 3.63) is 119 Å². The number of aromatic hydroxyl groups is 1. The van der Waals surface area contributed by atoms with Gasteiger partial charge in [-0.2, -0.15) is 0 Å². The van der Waals surface area contributed by atoms with Crippen LogP contribution in [0, 0.1) is 29.6 Å². The number of phenols is 1. The number of carbonyl (C=O) groups excluding carboxylic acids is 4. The molecule has 0 bridgehead atoms. The van der Waals surface area contributed by atoms with Crippen LogP contribution in [-0.4, -0.2) is 46.5 Å². The predicted octanol–water partition coefficient (Wildman–Crippen LogP) is 7.10. The number of rotatable bonds is 6. The standard InChI is InChI=1S/C43H41NO6/c1-50-37-23-26(18-22-36(37)45)17-21-34-30-19-20-31-39(42(49)44(41(31)48)29-15-9-4-10-16-29)33(30)24-35-40(47)32(27-11-5-2-6-12-27)25-38(46)43(34,35)28-13-7-3-8-14-28/h2-3,5-8,11-14,17-19,21-23,25,29,31,33-35,39,45H,4,9-10,15-16,20,24H2,1H3. The average Bonchev–Trinajstić information content (AvgIpc) is 3.42. The number of allylic oxidation sites excluding steroid dienone is 5. The van der Waals surface area contributed by atoms with E-state index in [0.29, 0.717) is 29.7 Å². The Balaban J connectivity index is 1.31. The Kier molecular flexibility index (Phi) is 8.17. The molecule has 2 saturated carbocycles. The SMILES string of the molecule is COc1cc(C=CC2C3=CCC4C(=O)N(C5CCCCC5)C(=O)C4C3CC3C(=O)C(c4ccccc4)=CC(=O)C23c2ccccc2)ccc1O. The molecule has 6 atom stereocenters. The lowest BCUT2D eigenvalue weighted by Crippen LogP contribution is -2.59. The molecule has 7 heteroatoms. The molecule has 6 unspecified atom stereocenters. The molecule has 3 aromatic rings. The molecule has 50 heavy (non-hydrogen) atoms. The molecular formula is C43H41NO6. The van der Waals surface area contributed by atoms with Crippen molar-refractivity contribution in [1.29, 1.82) is 0 Å². The fourth-order valence-electron chi connectivity index (χ4n) is 9.85. The van der Waals surface area contributed by atoms with E-state index < -0.39 is 29.1 Å². The second-order valence-corrected chi connectivity index (χ2v) is 14.5. The minimum absolute atomic E-state index is 0.0165. The van der Waals surface area contributed by atoms with E-state index in [-0.39, 0.29) is 41.1 Å². The fraction of sp³-hybridized carbons (Fsp3) is 0.349. The zero-order valence-corrected chi connectivity index (χ0v) is 28.2. The molecule has 0 radical (unpaired) electrons. The van der Waals surface area contributed by atoms with E-state index in [1.54, 1.807) is 23.1 Å². The maximum Gasteiger partial charge on any atom is 0.233 e. The summed E-state index contributed by atoms with van der Waals surface area (Å²) in [5.41, 5.74) is 2.26. The minimum atomic E-state index is -1.27. The van der Waals surface area contributed by atoms with Crippen molar-refractivity contribution in [3.63, 3.8) is 0 Å². The number of carbonyl (C=O) groups is 4.